The van der Waals surface area contributed by atoms with Crippen molar-refractivity contribution < 1.29 is 42.1 Å². The van der Waals surface area contributed by atoms with E-state index in [1.807, 2.05) is 95.3 Å². The summed E-state index contributed by atoms with van der Waals surface area (Å²) in [6.07, 6.45) is -3.47. The fourth-order valence-electron chi connectivity index (χ4n) is 4.60. The number of hydrogen-bond donors (Lipinski definition) is 5. The van der Waals surface area contributed by atoms with E-state index >= 15 is 0 Å². The van der Waals surface area contributed by atoms with E-state index in [1.165, 1.54) is 0 Å². The van der Waals surface area contributed by atoms with Gasteiger partial charge in [-0.15, -0.1) is 0 Å². The number of carbonyl (C=O) groups excluding carboxylic acids is 2. The highest BCUT2D eigenvalue weighted by atomic mass is 19.4. The fourth-order valence-corrected chi connectivity index (χ4v) is 4.60. The van der Waals surface area contributed by atoms with Crippen molar-refractivity contribution >= 4 is 40.1 Å². The molecular formula is C35H40F3N5O6. The average molecular weight is 684 g/mol. The number of alkyl halides is 3. The number of aromatic nitrogens is 1. The van der Waals surface area contributed by atoms with Crippen molar-refractivity contribution in [3.8, 4) is 11.5 Å². The minimum absolute atomic E-state index is 0.0102. The number of nitrogens with one attached hydrogen (secondary N) is 3. The van der Waals surface area contributed by atoms with Crippen LogP contribution in [0.5, 0.6) is 11.5 Å². The van der Waals surface area contributed by atoms with Crippen molar-refractivity contribution in [1.82, 2.24) is 15.6 Å². The molecule has 1 aromatic heterocycles. The number of carboxylic acid groups (broad SMARTS) is 1. The van der Waals surface area contributed by atoms with Gasteiger partial charge in [0.15, 0.2) is 11.5 Å². The van der Waals surface area contributed by atoms with Crippen LogP contribution in [0.15, 0.2) is 72.9 Å². The Morgan fingerprint density at radius 3 is 2.29 bits per heavy atom. The molecule has 0 saturated carbocycles. The lowest BCUT2D eigenvalue weighted by atomic mass is 10.0. The summed E-state index contributed by atoms with van der Waals surface area (Å²) in [5.74, 6) is -1.62. The number of nitrogens with two attached hydrogens (primary N) is 1. The van der Waals surface area contributed by atoms with Crippen LogP contribution in [0.4, 0.5) is 24.7 Å². The summed E-state index contributed by atoms with van der Waals surface area (Å²) >= 11 is 0. The van der Waals surface area contributed by atoms with E-state index in [0.29, 0.717) is 40.6 Å². The summed E-state index contributed by atoms with van der Waals surface area (Å²) in [6, 6.07) is 19.5. The maximum atomic E-state index is 13.9. The zero-order valence-corrected chi connectivity index (χ0v) is 27.7. The van der Waals surface area contributed by atoms with Gasteiger partial charge in [-0.25, -0.2) is 9.78 Å². The highest BCUT2D eigenvalue weighted by Crippen LogP contribution is 2.33. The van der Waals surface area contributed by atoms with Crippen LogP contribution in [0.25, 0.3) is 10.8 Å². The molecule has 6 N–H and O–H groups in total. The second-order valence-corrected chi connectivity index (χ2v) is 11.3. The average Bonchev–Trinajstić information content (AvgIpc) is 3.03. The molecule has 4 aromatic rings. The Morgan fingerprint density at radius 2 is 1.65 bits per heavy atom. The molecular weight excluding hydrogens is 643 g/mol. The third-order valence-electron chi connectivity index (χ3n) is 6.71. The molecule has 2 amide bonds. The molecule has 0 radical (unpaired) electrons. The third-order valence-corrected chi connectivity index (χ3v) is 6.71. The molecule has 11 nitrogen and oxygen atoms in total. The van der Waals surface area contributed by atoms with Gasteiger partial charge < -0.3 is 36.3 Å². The number of fused-ring (bicyclic) bond motifs is 1. The van der Waals surface area contributed by atoms with Crippen LogP contribution in [0, 0.1) is 0 Å². The van der Waals surface area contributed by atoms with Gasteiger partial charge >= 0.3 is 12.1 Å². The summed E-state index contributed by atoms with van der Waals surface area (Å²) in [5.41, 5.74) is 8.69. The lowest BCUT2D eigenvalue weighted by molar-refractivity contribution is -0.192. The van der Waals surface area contributed by atoms with Gasteiger partial charge in [-0.1, -0.05) is 24.3 Å². The molecule has 0 aliphatic rings. The number of anilines is 2. The molecule has 1 heterocycles. The van der Waals surface area contributed by atoms with Crippen LogP contribution in [-0.2, 0) is 16.1 Å². The summed E-state index contributed by atoms with van der Waals surface area (Å²) in [5, 5.41) is 18.2. The Balaban J connectivity index is 0.000000838. The molecule has 49 heavy (non-hydrogen) atoms. The Hall–Kier alpha value is -5.53. The lowest BCUT2D eigenvalue weighted by Gasteiger charge is -2.23. The second kappa shape index (κ2) is 17.0. The molecule has 0 saturated heterocycles. The maximum absolute atomic E-state index is 13.9. The number of halogens is 3. The number of pyridine rings is 1. The van der Waals surface area contributed by atoms with E-state index in [4.69, 9.17) is 25.1 Å². The Labute approximate surface area is 282 Å². The first kappa shape index (κ1) is 37.9. The van der Waals surface area contributed by atoms with Gasteiger partial charge in [-0.3, -0.25) is 9.59 Å². The zero-order chi connectivity index (χ0) is 36.3. The Bertz CT molecular complexity index is 1760. The first-order valence-electron chi connectivity index (χ1n) is 15.4. The molecule has 0 fully saturated rings. The molecule has 0 aliphatic heterocycles. The number of aliphatic carboxylic acids is 1. The molecule has 14 heteroatoms. The van der Waals surface area contributed by atoms with Gasteiger partial charge in [0.2, 0.25) is 5.91 Å². The van der Waals surface area contributed by atoms with E-state index in [0.717, 1.165) is 16.5 Å². The van der Waals surface area contributed by atoms with Gasteiger partial charge in [0, 0.05) is 35.4 Å². The number of amides is 2. The van der Waals surface area contributed by atoms with E-state index in [-0.39, 0.29) is 30.5 Å². The molecule has 262 valence electrons. The predicted octanol–water partition coefficient (Wildman–Crippen LogP) is 6.24. The van der Waals surface area contributed by atoms with Crippen molar-refractivity contribution in [3.63, 3.8) is 0 Å². The summed E-state index contributed by atoms with van der Waals surface area (Å²) in [7, 11) is 0. The molecule has 3 aromatic carbocycles. The maximum Gasteiger partial charge on any atom is 0.490 e. The van der Waals surface area contributed by atoms with Crippen LogP contribution >= 0.6 is 0 Å². The quantitative estimate of drug-likeness (QED) is 0.116. The molecule has 0 bridgehead atoms. The van der Waals surface area contributed by atoms with E-state index in [2.05, 4.69) is 20.9 Å². The molecule has 1 atom stereocenters. The minimum Gasteiger partial charge on any atom is -0.490 e. The van der Waals surface area contributed by atoms with Crippen LogP contribution in [-0.4, -0.2) is 52.8 Å². The topological polar surface area (TPSA) is 165 Å². The largest absolute Gasteiger partial charge is 0.490 e. The lowest BCUT2D eigenvalue weighted by Crippen LogP contribution is -2.35. The van der Waals surface area contributed by atoms with E-state index in [1.54, 1.807) is 12.3 Å². The van der Waals surface area contributed by atoms with Gasteiger partial charge in [0.25, 0.3) is 5.91 Å². The first-order valence-corrected chi connectivity index (χ1v) is 15.4. The van der Waals surface area contributed by atoms with Crippen molar-refractivity contribution in [1.29, 1.82) is 0 Å². The van der Waals surface area contributed by atoms with Crippen LogP contribution in [0.1, 0.15) is 62.1 Å². The number of carbonyl (C=O) groups is 3. The van der Waals surface area contributed by atoms with Gasteiger partial charge in [0.05, 0.1) is 12.7 Å². The molecule has 4 rings (SSSR count). The van der Waals surface area contributed by atoms with Crippen molar-refractivity contribution in [2.75, 3.05) is 17.7 Å². The number of nitrogens with zero attached hydrogens (tertiary/aromatic N) is 1. The smallest absolute Gasteiger partial charge is 0.490 e. The summed E-state index contributed by atoms with van der Waals surface area (Å²) < 4.78 is 43.6. The Morgan fingerprint density at radius 1 is 0.959 bits per heavy atom. The number of rotatable bonds is 12. The highest BCUT2D eigenvalue weighted by Gasteiger charge is 2.38. The van der Waals surface area contributed by atoms with Crippen molar-refractivity contribution in [3.05, 3.63) is 89.6 Å². The zero-order valence-electron chi connectivity index (χ0n) is 27.7. The molecule has 0 spiro atoms. The number of benzene rings is 3. The van der Waals surface area contributed by atoms with Gasteiger partial charge in [0.1, 0.15) is 11.9 Å². The first-order chi connectivity index (χ1) is 23.1. The minimum atomic E-state index is -5.08. The van der Waals surface area contributed by atoms with E-state index in [9.17, 15) is 22.8 Å². The van der Waals surface area contributed by atoms with Gasteiger partial charge in [-0.05, 0) is 93.6 Å². The second-order valence-electron chi connectivity index (χ2n) is 11.3. The standard InChI is InChI=1S/C33H39N5O4.C2HF3O2/c1-6-41-29-18-23(11-14-28(29)42-21(4)5)30(38-25-12-13-26-22(17-25)15-16-35-31(26)34)33(40)36-19-24-9-7-8-10-27(24)32(39)37-20(2)3;3-2(4,5)1(6)7/h7-18,20-21,30,38H,6,19H2,1-5H3,(H2,34,35)(H,36,40)(H,37,39);(H,6,7). The molecule has 1 unspecified atom stereocenters. The fraction of sp³-hybridized carbons (Fsp3) is 0.314. The normalized spacial score (nSPS) is 11.7. The number of ether oxygens (including phenoxy) is 2. The van der Waals surface area contributed by atoms with Crippen molar-refractivity contribution in [2.24, 2.45) is 0 Å². The van der Waals surface area contributed by atoms with Crippen LogP contribution in [0.3, 0.4) is 0 Å². The van der Waals surface area contributed by atoms with Crippen LogP contribution < -0.4 is 31.2 Å². The number of hydrogen-bond acceptors (Lipinski definition) is 8. The number of nitrogen functional groups attached to an aromatic ring is 1. The van der Waals surface area contributed by atoms with E-state index < -0.39 is 18.2 Å². The highest BCUT2D eigenvalue weighted by molar-refractivity contribution is 5.96. The monoisotopic (exact) mass is 683 g/mol. The van der Waals surface area contributed by atoms with Gasteiger partial charge in [-0.2, -0.15) is 13.2 Å². The van der Waals surface area contributed by atoms with Crippen molar-refractivity contribution in [2.45, 2.75) is 65.5 Å². The number of carboxylic acids is 1. The molecule has 0 aliphatic carbocycles. The van der Waals surface area contributed by atoms with Crippen LogP contribution in [0.2, 0.25) is 0 Å². The predicted molar refractivity (Wildman–Crippen MR) is 180 cm³/mol. The Kier molecular flexibility index (Phi) is 13.2. The SMILES string of the molecule is CCOc1cc(C(Nc2ccc3c(N)nccc3c2)C(=O)NCc2ccccc2C(=O)NC(C)C)ccc1OC(C)C.O=C(O)C(F)(F)F. The third kappa shape index (κ3) is 11.0. The summed E-state index contributed by atoms with van der Waals surface area (Å²) in [4.78, 5) is 39.7. The summed E-state index contributed by atoms with van der Waals surface area (Å²) in [6.45, 7) is 10.2.